The van der Waals surface area contributed by atoms with Gasteiger partial charge in [-0.3, -0.25) is 4.79 Å². The molecule has 1 aliphatic heterocycles. The van der Waals surface area contributed by atoms with Crippen LogP contribution in [0.4, 0.5) is 5.69 Å². The summed E-state index contributed by atoms with van der Waals surface area (Å²) in [5, 5.41) is 2.85. The van der Waals surface area contributed by atoms with Gasteiger partial charge in [0.25, 0.3) is 5.91 Å². The van der Waals surface area contributed by atoms with Crippen molar-refractivity contribution in [1.29, 1.82) is 0 Å². The lowest BCUT2D eigenvalue weighted by molar-refractivity contribution is 0.102. The molecule has 27 heavy (non-hydrogen) atoms. The van der Waals surface area contributed by atoms with E-state index in [9.17, 15) is 13.2 Å². The van der Waals surface area contributed by atoms with Crippen molar-refractivity contribution in [1.82, 2.24) is 0 Å². The highest BCUT2D eigenvalue weighted by atomic mass is 35.5. The van der Waals surface area contributed by atoms with Crippen LogP contribution in [0.15, 0.2) is 35.2 Å². The van der Waals surface area contributed by atoms with Crippen molar-refractivity contribution in [2.75, 3.05) is 18.2 Å². The Labute approximate surface area is 163 Å². The molecule has 1 atom stereocenters. The maximum absolute atomic E-state index is 12.7. The molecule has 1 heterocycles. The number of hydrogen-bond acceptors (Lipinski definition) is 5. The number of fused-ring (bicyclic) bond motifs is 1. The lowest BCUT2D eigenvalue weighted by atomic mass is 10.1. The van der Waals surface area contributed by atoms with Gasteiger partial charge in [-0.15, -0.1) is 0 Å². The number of carbonyl (C=O) groups excluding carboxylic acids is 1. The van der Waals surface area contributed by atoms with E-state index in [1.807, 2.05) is 19.9 Å². The summed E-state index contributed by atoms with van der Waals surface area (Å²) >= 11 is 5.94. The number of nitrogens with one attached hydrogen (secondary N) is 1. The molecule has 0 aromatic heterocycles. The number of benzene rings is 2. The van der Waals surface area contributed by atoms with Crippen molar-refractivity contribution in [2.24, 2.45) is 0 Å². The molecular weight excluding hydrogens is 390 g/mol. The number of sulfone groups is 1. The number of amides is 1. The second-order valence-corrected chi connectivity index (χ2v) is 8.78. The molecule has 0 aliphatic carbocycles. The maximum atomic E-state index is 12.7. The second kappa shape index (κ2) is 7.40. The van der Waals surface area contributed by atoms with Gasteiger partial charge < -0.3 is 14.8 Å². The summed E-state index contributed by atoms with van der Waals surface area (Å²) in [5.41, 5.74) is 1.66. The highest BCUT2D eigenvalue weighted by molar-refractivity contribution is 7.90. The molecule has 1 aliphatic rings. The van der Waals surface area contributed by atoms with Crippen LogP contribution in [0.3, 0.4) is 0 Å². The largest absolute Gasteiger partial charge is 0.492 e. The summed E-state index contributed by atoms with van der Waals surface area (Å²) in [6.07, 6.45) is 1.88. The Kier molecular flexibility index (Phi) is 5.35. The number of ether oxygens (including phenoxy) is 2. The van der Waals surface area contributed by atoms with Crippen molar-refractivity contribution in [3.8, 4) is 11.5 Å². The fourth-order valence-corrected chi connectivity index (χ4v) is 4.24. The number of carbonyl (C=O) groups is 1. The molecule has 0 fully saturated rings. The first-order valence-electron chi connectivity index (χ1n) is 8.46. The molecule has 0 saturated heterocycles. The van der Waals surface area contributed by atoms with Gasteiger partial charge in [-0.25, -0.2) is 8.42 Å². The lowest BCUT2D eigenvalue weighted by Crippen LogP contribution is -2.14. The molecular formula is C19H20ClNO5S. The molecule has 144 valence electrons. The van der Waals surface area contributed by atoms with E-state index in [4.69, 9.17) is 21.1 Å². The third kappa shape index (κ3) is 4.20. The minimum absolute atomic E-state index is 0.0639. The van der Waals surface area contributed by atoms with Crippen LogP contribution in [0.2, 0.25) is 5.02 Å². The van der Waals surface area contributed by atoms with Crippen molar-refractivity contribution >= 4 is 33.0 Å². The summed E-state index contributed by atoms with van der Waals surface area (Å²) in [6, 6.07) is 7.72. The fraction of sp³-hybridized carbons (Fsp3) is 0.316. The standard InChI is InChI=1S/C19H20ClNO5S/c1-4-25-17-8-13-7-11(2)26-16(13)10-15(17)21-19(22)12-5-6-14(20)18(9-12)27(3,23)24/h5-6,8-11H,4,7H2,1-3H3,(H,21,22)/t11-/m1/s1. The first-order chi connectivity index (χ1) is 12.7. The molecule has 0 saturated carbocycles. The Hall–Kier alpha value is -2.25. The molecule has 6 nitrogen and oxygen atoms in total. The molecule has 0 unspecified atom stereocenters. The summed E-state index contributed by atoms with van der Waals surface area (Å²) in [7, 11) is -3.55. The van der Waals surface area contributed by atoms with Crippen LogP contribution in [0.5, 0.6) is 11.5 Å². The van der Waals surface area contributed by atoms with Crippen LogP contribution < -0.4 is 14.8 Å². The molecule has 0 spiro atoms. The quantitative estimate of drug-likeness (QED) is 0.813. The summed E-state index contributed by atoms with van der Waals surface area (Å²) < 4.78 is 35.1. The van der Waals surface area contributed by atoms with Gasteiger partial charge in [-0.1, -0.05) is 11.6 Å². The molecule has 3 rings (SSSR count). The smallest absolute Gasteiger partial charge is 0.255 e. The SMILES string of the molecule is CCOc1cc2c(cc1NC(=O)c1ccc(Cl)c(S(C)(=O)=O)c1)O[C@H](C)C2. The summed E-state index contributed by atoms with van der Waals surface area (Å²) in [6.45, 7) is 4.27. The topological polar surface area (TPSA) is 81.7 Å². The molecule has 2 aromatic rings. The monoisotopic (exact) mass is 409 g/mol. The first-order valence-corrected chi connectivity index (χ1v) is 10.7. The predicted octanol–water partition coefficient (Wildman–Crippen LogP) is 3.72. The normalized spacial score (nSPS) is 15.8. The molecule has 2 aromatic carbocycles. The average Bonchev–Trinajstić information content (AvgIpc) is 2.93. The van der Waals surface area contributed by atoms with Crippen molar-refractivity contribution < 1.29 is 22.7 Å². The first kappa shape index (κ1) is 19.5. The van der Waals surface area contributed by atoms with Crippen LogP contribution in [0.25, 0.3) is 0 Å². The van der Waals surface area contributed by atoms with E-state index in [2.05, 4.69) is 5.32 Å². The van der Waals surface area contributed by atoms with Crippen molar-refractivity contribution in [3.63, 3.8) is 0 Å². The summed E-state index contributed by atoms with van der Waals surface area (Å²) in [5.74, 6) is 0.775. The third-order valence-electron chi connectivity index (χ3n) is 4.14. The molecule has 0 bridgehead atoms. The van der Waals surface area contributed by atoms with Gasteiger partial charge in [0.15, 0.2) is 9.84 Å². The Bertz CT molecular complexity index is 1000. The number of anilines is 1. The van der Waals surface area contributed by atoms with E-state index in [0.29, 0.717) is 23.8 Å². The summed E-state index contributed by atoms with van der Waals surface area (Å²) in [4.78, 5) is 12.6. The lowest BCUT2D eigenvalue weighted by Gasteiger charge is -2.14. The number of rotatable bonds is 5. The van der Waals surface area contributed by atoms with Gasteiger partial charge in [0.1, 0.15) is 17.6 Å². The Morgan fingerprint density at radius 1 is 1.33 bits per heavy atom. The van der Waals surface area contributed by atoms with Gasteiger partial charge in [0.05, 0.1) is 22.2 Å². The van der Waals surface area contributed by atoms with E-state index in [-0.39, 0.29) is 21.6 Å². The molecule has 0 radical (unpaired) electrons. The van der Waals surface area contributed by atoms with Gasteiger partial charge in [0, 0.05) is 29.9 Å². The van der Waals surface area contributed by atoms with Crippen LogP contribution in [0, 0.1) is 0 Å². The Morgan fingerprint density at radius 2 is 2.07 bits per heavy atom. The average molecular weight is 410 g/mol. The zero-order valence-electron chi connectivity index (χ0n) is 15.2. The van der Waals surface area contributed by atoms with Crippen LogP contribution in [0.1, 0.15) is 29.8 Å². The van der Waals surface area contributed by atoms with Gasteiger partial charge in [-0.2, -0.15) is 0 Å². The molecule has 1 N–H and O–H groups in total. The molecule has 8 heteroatoms. The predicted molar refractivity (Wildman–Crippen MR) is 104 cm³/mol. The van der Waals surface area contributed by atoms with E-state index < -0.39 is 15.7 Å². The minimum Gasteiger partial charge on any atom is -0.492 e. The van der Waals surface area contributed by atoms with E-state index in [1.165, 1.54) is 18.2 Å². The highest BCUT2D eigenvalue weighted by Crippen LogP contribution is 2.38. The zero-order valence-corrected chi connectivity index (χ0v) is 16.8. The van der Waals surface area contributed by atoms with Crippen molar-refractivity contribution in [2.45, 2.75) is 31.3 Å². The number of halogens is 1. The van der Waals surface area contributed by atoms with Crippen LogP contribution in [-0.4, -0.2) is 33.3 Å². The highest BCUT2D eigenvalue weighted by Gasteiger charge is 2.23. The Morgan fingerprint density at radius 3 is 2.74 bits per heavy atom. The van der Waals surface area contributed by atoms with E-state index >= 15 is 0 Å². The van der Waals surface area contributed by atoms with Gasteiger partial charge in [-0.05, 0) is 38.1 Å². The fourth-order valence-electron chi connectivity index (χ4n) is 2.94. The second-order valence-electron chi connectivity index (χ2n) is 6.39. The Balaban J connectivity index is 1.94. The van der Waals surface area contributed by atoms with Gasteiger partial charge in [0.2, 0.25) is 0 Å². The van der Waals surface area contributed by atoms with Crippen molar-refractivity contribution in [3.05, 3.63) is 46.5 Å². The van der Waals surface area contributed by atoms with E-state index in [1.54, 1.807) is 6.07 Å². The van der Waals surface area contributed by atoms with Crippen LogP contribution >= 0.6 is 11.6 Å². The van der Waals surface area contributed by atoms with Gasteiger partial charge >= 0.3 is 0 Å². The third-order valence-corrected chi connectivity index (χ3v) is 5.72. The maximum Gasteiger partial charge on any atom is 0.255 e. The molecule has 1 amide bonds. The van der Waals surface area contributed by atoms with Crippen LogP contribution in [-0.2, 0) is 16.3 Å². The zero-order chi connectivity index (χ0) is 19.8. The minimum atomic E-state index is -3.55. The number of hydrogen-bond donors (Lipinski definition) is 1. The van der Waals surface area contributed by atoms with E-state index in [0.717, 1.165) is 18.2 Å².